The second-order valence-electron chi connectivity index (χ2n) is 5.81. The number of rotatable bonds is 3. The van der Waals surface area contributed by atoms with Crippen molar-refractivity contribution in [2.75, 3.05) is 13.1 Å². The molecule has 1 amide bonds. The second kappa shape index (κ2) is 3.06. The molecular formula is C12H22NO+. The van der Waals surface area contributed by atoms with Gasteiger partial charge in [0.2, 0.25) is 0 Å². The van der Waals surface area contributed by atoms with E-state index in [2.05, 4.69) is 20.8 Å². The molecule has 0 aromatic carbocycles. The smallest absolute Gasteiger partial charge is 0.248 e. The van der Waals surface area contributed by atoms with Crippen molar-refractivity contribution in [1.29, 1.82) is 0 Å². The lowest BCUT2D eigenvalue weighted by Gasteiger charge is -2.22. The molecule has 0 bridgehead atoms. The van der Waals surface area contributed by atoms with E-state index in [1.165, 1.54) is 12.8 Å². The highest BCUT2D eigenvalue weighted by Crippen LogP contribution is 2.44. The van der Waals surface area contributed by atoms with E-state index in [4.69, 9.17) is 0 Å². The molecule has 0 aromatic heterocycles. The summed E-state index contributed by atoms with van der Waals surface area (Å²) >= 11 is 0. The minimum atomic E-state index is 0.426. The maximum Gasteiger partial charge on any atom is 0.314 e. The number of carbonyl (C=O) groups is 1. The third-order valence-corrected chi connectivity index (χ3v) is 4.29. The summed E-state index contributed by atoms with van der Waals surface area (Å²) in [4.78, 5) is 11.7. The van der Waals surface area contributed by atoms with E-state index < -0.39 is 0 Å². The Balaban J connectivity index is 1.96. The van der Waals surface area contributed by atoms with Crippen LogP contribution in [0.3, 0.4) is 0 Å². The van der Waals surface area contributed by atoms with Crippen LogP contribution in [-0.4, -0.2) is 29.5 Å². The van der Waals surface area contributed by atoms with Crippen LogP contribution in [0, 0.1) is 5.41 Å². The van der Waals surface area contributed by atoms with E-state index in [1.54, 1.807) is 0 Å². The Morgan fingerprint density at radius 1 is 1.50 bits per heavy atom. The Labute approximate surface area is 86.9 Å². The standard InChI is InChI=1S/C12H22NO/c1-4-12(2,3)8-10-9-13(10)7-5-6-11(13)14/h10H,4-9H2,1-3H3/q+1. The molecule has 0 N–H and O–H groups in total. The van der Waals surface area contributed by atoms with Crippen LogP contribution in [0.1, 0.15) is 46.5 Å². The molecule has 1 spiro atoms. The predicted octanol–water partition coefficient (Wildman–Crippen LogP) is 2.33. The van der Waals surface area contributed by atoms with Gasteiger partial charge in [-0.25, -0.2) is 9.28 Å². The Hall–Kier alpha value is -0.370. The van der Waals surface area contributed by atoms with Crippen LogP contribution < -0.4 is 0 Å². The highest BCUT2D eigenvalue weighted by Gasteiger charge is 2.62. The number of carbonyl (C=O) groups excluding carboxylic acids is 1. The summed E-state index contributed by atoms with van der Waals surface area (Å²) in [5, 5.41) is 0. The van der Waals surface area contributed by atoms with Crippen molar-refractivity contribution in [3.63, 3.8) is 0 Å². The Morgan fingerprint density at radius 3 is 2.71 bits per heavy atom. The maximum absolute atomic E-state index is 11.7. The molecule has 0 radical (unpaired) electrons. The summed E-state index contributed by atoms with van der Waals surface area (Å²) in [5.41, 5.74) is 0.426. The minimum absolute atomic E-state index is 0.426. The van der Waals surface area contributed by atoms with Gasteiger partial charge in [0.15, 0.2) is 0 Å². The fourth-order valence-corrected chi connectivity index (χ4v) is 2.79. The van der Waals surface area contributed by atoms with Gasteiger partial charge in [0.05, 0.1) is 13.0 Å². The van der Waals surface area contributed by atoms with E-state index in [-0.39, 0.29) is 0 Å². The summed E-state index contributed by atoms with van der Waals surface area (Å²) in [6, 6.07) is 0.667. The van der Waals surface area contributed by atoms with Gasteiger partial charge in [-0.3, -0.25) is 0 Å². The fraction of sp³-hybridized carbons (Fsp3) is 0.917. The molecule has 2 atom stereocenters. The van der Waals surface area contributed by atoms with Gasteiger partial charge in [0.1, 0.15) is 12.6 Å². The lowest BCUT2D eigenvalue weighted by molar-refractivity contribution is -0.725. The predicted molar refractivity (Wildman–Crippen MR) is 56.7 cm³/mol. The van der Waals surface area contributed by atoms with Crippen molar-refractivity contribution in [1.82, 2.24) is 0 Å². The first-order chi connectivity index (χ1) is 6.50. The molecule has 2 nitrogen and oxygen atoms in total. The first-order valence-electron chi connectivity index (χ1n) is 5.90. The normalized spacial score (nSPS) is 36.8. The molecular weight excluding hydrogens is 174 g/mol. The third-order valence-electron chi connectivity index (χ3n) is 4.29. The maximum atomic E-state index is 11.7. The third kappa shape index (κ3) is 1.50. The fourth-order valence-electron chi connectivity index (χ4n) is 2.79. The lowest BCUT2D eigenvalue weighted by Crippen LogP contribution is -2.31. The zero-order valence-corrected chi connectivity index (χ0v) is 9.68. The molecule has 0 saturated carbocycles. The number of nitrogens with zero attached hydrogens (tertiary/aromatic N) is 1. The van der Waals surface area contributed by atoms with Gasteiger partial charge in [0.25, 0.3) is 0 Å². The Bertz CT molecular complexity index is 259. The van der Waals surface area contributed by atoms with Gasteiger partial charge in [0, 0.05) is 12.8 Å². The van der Waals surface area contributed by atoms with Crippen LogP contribution in [-0.2, 0) is 4.79 Å². The zero-order valence-electron chi connectivity index (χ0n) is 9.68. The molecule has 2 saturated heterocycles. The van der Waals surface area contributed by atoms with Crippen molar-refractivity contribution >= 4 is 5.91 Å². The van der Waals surface area contributed by atoms with Crippen molar-refractivity contribution in [2.45, 2.75) is 52.5 Å². The highest BCUT2D eigenvalue weighted by atomic mass is 16.2. The lowest BCUT2D eigenvalue weighted by atomic mass is 9.85. The first kappa shape index (κ1) is 10.2. The monoisotopic (exact) mass is 196 g/mol. The summed E-state index contributed by atoms with van der Waals surface area (Å²) in [6.45, 7) is 9.16. The van der Waals surface area contributed by atoms with Crippen molar-refractivity contribution in [2.24, 2.45) is 5.41 Å². The first-order valence-corrected chi connectivity index (χ1v) is 5.90. The molecule has 2 unspecified atom stereocenters. The van der Waals surface area contributed by atoms with Crippen LogP contribution in [0.4, 0.5) is 0 Å². The average Bonchev–Trinajstić information content (AvgIpc) is 2.66. The molecule has 2 heterocycles. The van der Waals surface area contributed by atoms with Gasteiger partial charge in [-0.1, -0.05) is 27.2 Å². The van der Waals surface area contributed by atoms with E-state index in [1.807, 2.05) is 0 Å². The number of hydrogen-bond donors (Lipinski definition) is 0. The van der Waals surface area contributed by atoms with Crippen molar-refractivity contribution in [3.05, 3.63) is 0 Å². The van der Waals surface area contributed by atoms with Gasteiger partial charge in [-0.2, -0.15) is 0 Å². The molecule has 0 aliphatic carbocycles. The number of amides is 1. The van der Waals surface area contributed by atoms with Gasteiger partial charge >= 0.3 is 5.91 Å². The topological polar surface area (TPSA) is 17.1 Å². The van der Waals surface area contributed by atoms with E-state index >= 15 is 0 Å². The van der Waals surface area contributed by atoms with E-state index in [9.17, 15) is 4.79 Å². The largest absolute Gasteiger partial charge is 0.314 e. The van der Waals surface area contributed by atoms with Crippen LogP contribution in [0.25, 0.3) is 0 Å². The van der Waals surface area contributed by atoms with Crippen LogP contribution in [0.2, 0.25) is 0 Å². The van der Waals surface area contributed by atoms with Crippen molar-refractivity contribution in [3.8, 4) is 0 Å². The molecule has 14 heavy (non-hydrogen) atoms. The molecule has 0 aromatic rings. The number of hydrogen-bond acceptors (Lipinski definition) is 1. The molecule has 2 fully saturated rings. The summed E-state index contributed by atoms with van der Waals surface area (Å²) in [7, 11) is 0. The van der Waals surface area contributed by atoms with E-state index in [0.29, 0.717) is 17.4 Å². The molecule has 2 aliphatic heterocycles. The molecule has 2 aliphatic rings. The van der Waals surface area contributed by atoms with Crippen molar-refractivity contribution < 1.29 is 9.28 Å². The summed E-state index contributed by atoms with van der Waals surface area (Å²) in [5.74, 6) is 0.516. The second-order valence-corrected chi connectivity index (χ2v) is 5.81. The van der Waals surface area contributed by atoms with Gasteiger partial charge < -0.3 is 0 Å². The summed E-state index contributed by atoms with van der Waals surface area (Å²) in [6.07, 6.45) is 4.41. The zero-order chi connectivity index (χ0) is 10.4. The van der Waals surface area contributed by atoms with Gasteiger partial charge in [-0.05, 0) is 5.41 Å². The Morgan fingerprint density at radius 2 is 2.21 bits per heavy atom. The van der Waals surface area contributed by atoms with Crippen LogP contribution >= 0.6 is 0 Å². The quantitative estimate of drug-likeness (QED) is 0.500. The molecule has 2 rings (SSSR count). The van der Waals surface area contributed by atoms with Crippen LogP contribution in [0.15, 0.2) is 0 Å². The Kier molecular flexibility index (Phi) is 2.22. The summed E-state index contributed by atoms with van der Waals surface area (Å²) < 4.78 is 0.851. The SMILES string of the molecule is CCC(C)(C)CC1C[N+]12CCCC2=O. The van der Waals surface area contributed by atoms with E-state index in [0.717, 1.165) is 30.4 Å². The molecule has 80 valence electrons. The minimum Gasteiger partial charge on any atom is -0.248 e. The average molecular weight is 196 g/mol. The highest BCUT2D eigenvalue weighted by molar-refractivity contribution is 5.72. The number of quaternary nitrogens is 1. The van der Waals surface area contributed by atoms with Gasteiger partial charge in [-0.15, -0.1) is 0 Å². The molecule has 2 heteroatoms. The van der Waals surface area contributed by atoms with Crippen LogP contribution in [0.5, 0.6) is 0 Å².